The van der Waals surface area contributed by atoms with E-state index in [1.807, 2.05) is 19.1 Å². The van der Waals surface area contributed by atoms with Crippen LogP contribution >= 0.6 is 11.3 Å². The first kappa shape index (κ1) is 8.31. The maximum atomic E-state index is 7.44. The van der Waals surface area contributed by atoms with Gasteiger partial charge >= 0.3 is 0 Å². The van der Waals surface area contributed by atoms with E-state index in [1.165, 1.54) is 0 Å². The van der Waals surface area contributed by atoms with Gasteiger partial charge in [0.15, 0.2) is 0 Å². The fraction of sp³-hybridized carbons (Fsp3) is 0.222. The molecule has 0 aliphatic heterocycles. The third-order valence-corrected chi connectivity index (χ3v) is 2.63. The summed E-state index contributed by atoms with van der Waals surface area (Å²) in [6.45, 7) is 3.70. The minimum Gasteiger partial charge on any atom is -0.303 e. The largest absolute Gasteiger partial charge is 0.303 e. The molecule has 3 nitrogen and oxygen atoms in total. The SMILES string of the molecule is CC(=N)c1ccc2nc(C)sc2n1. The van der Waals surface area contributed by atoms with Crippen molar-refractivity contribution in [1.29, 1.82) is 5.41 Å². The first-order valence-electron chi connectivity index (χ1n) is 3.96. The predicted molar refractivity (Wildman–Crippen MR) is 54.7 cm³/mol. The zero-order valence-electron chi connectivity index (χ0n) is 7.46. The summed E-state index contributed by atoms with van der Waals surface area (Å²) >= 11 is 1.56. The molecule has 66 valence electrons. The van der Waals surface area contributed by atoms with Crippen LogP contribution in [0.15, 0.2) is 12.1 Å². The van der Waals surface area contributed by atoms with Crippen LogP contribution in [0.3, 0.4) is 0 Å². The monoisotopic (exact) mass is 191 g/mol. The maximum Gasteiger partial charge on any atom is 0.144 e. The Morgan fingerprint density at radius 2 is 2.15 bits per heavy atom. The van der Waals surface area contributed by atoms with Crippen molar-refractivity contribution in [3.63, 3.8) is 0 Å². The summed E-state index contributed by atoms with van der Waals surface area (Å²) in [5.41, 5.74) is 2.15. The van der Waals surface area contributed by atoms with E-state index in [9.17, 15) is 0 Å². The van der Waals surface area contributed by atoms with Crippen molar-refractivity contribution in [2.75, 3.05) is 0 Å². The molecule has 0 saturated heterocycles. The fourth-order valence-electron chi connectivity index (χ4n) is 1.13. The molecule has 0 unspecified atom stereocenters. The maximum absolute atomic E-state index is 7.44. The summed E-state index contributed by atoms with van der Waals surface area (Å²) in [6, 6.07) is 3.75. The third-order valence-electron chi connectivity index (χ3n) is 1.75. The molecule has 0 fully saturated rings. The quantitative estimate of drug-likeness (QED) is 0.703. The summed E-state index contributed by atoms with van der Waals surface area (Å²) in [6.07, 6.45) is 0. The van der Waals surface area contributed by atoms with Crippen molar-refractivity contribution in [3.05, 3.63) is 22.8 Å². The summed E-state index contributed by atoms with van der Waals surface area (Å²) < 4.78 is 0. The minimum atomic E-state index is 0.493. The van der Waals surface area contributed by atoms with E-state index >= 15 is 0 Å². The van der Waals surface area contributed by atoms with Gasteiger partial charge < -0.3 is 5.41 Å². The Balaban J connectivity index is 2.67. The number of nitrogens with zero attached hydrogens (tertiary/aromatic N) is 2. The van der Waals surface area contributed by atoms with E-state index in [2.05, 4.69) is 9.97 Å². The number of fused-ring (bicyclic) bond motifs is 1. The lowest BCUT2D eigenvalue weighted by molar-refractivity contribution is 1.31. The molecule has 2 rings (SSSR count). The zero-order chi connectivity index (χ0) is 9.42. The van der Waals surface area contributed by atoms with Gasteiger partial charge in [-0.25, -0.2) is 9.97 Å². The molecule has 0 amide bonds. The number of rotatable bonds is 1. The average Bonchev–Trinajstić information content (AvgIpc) is 2.42. The van der Waals surface area contributed by atoms with Gasteiger partial charge in [-0.05, 0) is 26.0 Å². The Kier molecular flexibility index (Phi) is 1.84. The lowest BCUT2D eigenvalue weighted by Crippen LogP contribution is -1.94. The smallest absolute Gasteiger partial charge is 0.144 e. The van der Waals surface area contributed by atoms with Gasteiger partial charge in [-0.15, -0.1) is 0 Å². The molecule has 13 heavy (non-hydrogen) atoms. The first-order chi connectivity index (χ1) is 6.16. The highest BCUT2D eigenvalue weighted by Crippen LogP contribution is 2.19. The molecule has 0 spiro atoms. The molecular formula is C9H9N3S. The van der Waals surface area contributed by atoms with Gasteiger partial charge in [-0.1, -0.05) is 11.3 Å². The molecule has 4 heteroatoms. The average molecular weight is 191 g/mol. The van der Waals surface area contributed by atoms with Crippen LogP contribution in [0.4, 0.5) is 0 Å². The van der Waals surface area contributed by atoms with Gasteiger partial charge in [-0.3, -0.25) is 0 Å². The van der Waals surface area contributed by atoms with Gasteiger partial charge in [0.2, 0.25) is 0 Å². The number of thiazole rings is 1. The molecule has 0 aromatic carbocycles. The van der Waals surface area contributed by atoms with Crippen LogP contribution in [0, 0.1) is 12.3 Å². The number of hydrogen-bond donors (Lipinski definition) is 1. The predicted octanol–water partition coefficient (Wildman–Crippen LogP) is 2.39. The summed E-state index contributed by atoms with van der Waals surface area (Å²) in [4.78, 5) is 9.54. The van der Waals surface area contributed by atoms with Crippen molar-refractivity contribution >= 4 is 27.4 Å². The second-order valence-electron chi connectivity index (χ2n) is 2.88. The van der Waals surface area contributed by atoms with Crippen LogP contribution in [0.25, 0.3) is 10.3 Å². The van der Waals surface area contributed by atoms with Gasteiger partial charge in [-0.2, -0.15) is 0 Å². The van der Waals surface area contributed by atoms with Crippen molar-refractivity contribution in [2.45, 2.75) is 13.8 Å². The Morgan fingerprint density at radius 3 is 2.85 bits per heavy atom. The Morgan fingerprint density at radius 1 is 1.38 bits per heavy atom. The number of hydrogen-bond acceptors (Lipinski definition) is 4. The molecule has 2 heterocycles. The van der Waals surface area contributed by atoms with Gasteiger partial charge in [0.25, 0.3) is 0 Å². The summed E-state index contributed by atoms with van der Waals surface area (Å²) in [7, 11) is 0. The lowest BCUT2D eigenvalue weighted by Gasteiger charge is -1.94. The molecule has 2 aromatic heterocycles. The van der Waals surface area contributed by atoms with Crippen LogP contribution in [0.5, 0.6) is 0 Å². The fourth-order valence-corrected chi connectivity index (χ4v) is 1.92. The highest BCUT2D eigenvalue weighted by atomic mass is 32.1. The van der Waals surface area contributed by atoms with Crippen molar-refractivity contribution in [3.8, 4) is 0 Å². The molecule has 0 saturated carbocycles. The van der Waals surface area contributed by atoms with Crippen molar-refractivity contribution < 1.29 is 0 Å². The van der Waals surface area contributed by atoms with Crippen LogP contribution in [0.2, 0.25) is 0 Å². The molecule has 0 bridgehead atoms. The lowest BCUT2D eigenvalue weighted by atomic mass is 10.2. The van der Waals surface area contributed by atoms with Crippen LogP contribution in [0.1, 0.15) is 17.6 Å². The Hall–Kier alpha value is -1.29. The highest BCUT2D eigenvalue weighted by Gasteiger charge is 2.03. The normalized spacial score (nSPS) is 10.6. The van der Waals surface area contributed by atoms with Gasteiger partial charge in [0, 0.05) is 0 Å². The number of nitrogens with one attached hydrogen (secondary N) is 1. The van der Waals surface area contributed by atoms with Gasteiger partial charge in [0.1, 0.15) is 10.3 Å². The number of aromatic nitrogens is 2. The molecule has 0 aliphatic carbocycles. The first-order valence-corrected chi connectivity index (χ1v) is 4.78. The highest BCUT2D eigenvalue weighted by molar-refractivity contribution is 7.18. The molecular weight excluding hydrogens is 182 g/mol. The van der Waals surface area contributed by atoms with E-state index in [4.69, 9.17) is 5.41 Å². The van der Waals surface area contributed by atoms with Crippen LogP contribution in [-0.2, 0) is 0 Å². The Bertz CT molecular complexity index is 473. The topological polar surface area (TPSA) is 49.6 Å². The number of pyridine rings is 1. The number of aryl methyl sites for hydroxylation is 1. The molecule has 0 aliphatic rings. The van der Waals surface area contributed by atoms with E-state index in [0.29, 0.717) is 5.71 Å². The summed E-state index contributed by atoms with van der Waals surface area (Å²) in [5.74, 6) is 0. The standard InChI is InChI=1S/C9H9N3S/c1-5(10)7-3-4-8-9(12-7)13-6(2)11-8/h3-4,10H,1-2H3. The molecule has 2 aromatic rings. The van der Waals surface area contributed by atoms with Crippen LogP contribution < -0.4 is 0 Å². The van der Waals surface area contributed by atoms with E-state index in [-0.39, 0.29) is 0 Å². The minimum absolute atomic E-state index is 0.493. The second kappa shape index (κ2) is 2.88. The summed E-state index contributed by atoms with van der Waals surface area (Å²) in [5, 5.41) is 8.46. The molecule has 0 radical (unpaired) electrons. The zero-order valence-corrected chi connectivity index (χ0v) is 8.27. The Labute approximate surface area is 80.0 Å². The second-order valence-corrected chi connectivity index (χ2v) is 4.06. The van der Waals surface area contributed by atoms with Crippen molar-refractivity contribution in [2.24, 2.45) is 0 Å². The molecule has 1 N–H and O–H groups in total. The van der Waals surface area contributed by atoms with E-state index in [0.717, 1.165) is 21.0 Å². The van der Waals surface area contributed by atoms with E-state index < -0.39 is 0 Å². The third kappa shape index (κ3) is 1.45. The molecule has 0 atom stereocenters. The van der Waals surface area contributed by atoms with Crippen LogP contribution in [-0.4, -0.2) is 15.7 Å². The van der Waals surface area contributed by atoms with E-state index in [1.54, 1.807) is 18.3 Å². The van der Waals surface area contributed by atoms with Crippen molar-refractivity contribution in [1.82, 2.24) is 9.97 Å². The van der Waals surface area contributed by atoms with Gasteiger partial charge in [0.05, 0.1) is 16.4 Å².